The Balaban J connectivity index is 2.53. The van der Waals surface area contributed by atoms with Crippen LogP contribution in [0.25, 0.3) is 0 Å². The lowest BCUT2D eigenvalue weighted by Crippen LogP contribution is -2.21. The molecule has 0 N–H and O–H groups in total. The van der Waals surface area contributed by atoms with E-state index in [4.69, 9.17) is 4.74 Å². The highest BCUT2D eigenvalue weighted by molar-refractivity contribution is 5.56. The van der Waals surface area contributed by atoms with Crippen molar-refractivity contribution in [2.75, 3.05) is 0 Å². The predicted molar refractivity (Wildman–Crippen MR) is 54.0 cm³/mol. The fraction of sp³-hybridized carbons (Fsp3) is 0.455. The summed E-state index contributed by atoms with van der Waals surface area (Å²) in [6.07, 6.45) is 4.62. The lowest BCUT2D eigenvalue weighted by molar-refractivity contribution is -0.120. The maximum absolute atomic E-state index is 10.7. The van der Waals surface area contributed by atoms with Gasteiger partial charge in [0.25, 0.3) is 0 Å². The molecule has 0 aliphatic heterocycles. The van der Waals surface area contributed by atoms with Gasteiger partial charge in [0.1, 0.15) is 12.4 Å². The van der Waals surface area contributed by atoms with Gasteiger partial charge in [-0.25, -0.2) is 0 Å². The largest absolute Gasteiger partial charge is 0.368 e. The van der Waals surface area contributed by atoms with Crippen molar-refractivity contribution in [3.63, 3.8) is 0 Å². The van der Waals surface area contributed by atoms with E-state index in [2.05, 4.69) is 4.98 Å². The standard InChI is InChI=1S/C11H15NO2/c1-9(2)14-11(8-13)7-10-3-5-12-6-4-10/h3-6,8-9,11H,7H2,1-2H3. The molecule has 0 amide bonds. The number of pyridine rings is 1. The average Bonchev–Trinajstić information content (AvgIpc) is 2.17. The molecule has 14 heavy (non-hydrogen) atoms. The van der Waals surface area contributed by atoms with E-state index in [1.807, 2.05) is 26.0 Å². The van der Waals surface area contributed by atoms with Crippen LogP contribution in [0.15, 0.2) is 24.5 Å². The van der Waals surface area contributed by atoms with E-state index in [9.17, 15) is 4.79 Å². The maximum atomic E-state index is 10.7. The number of hydrogen-bond donors (Lipinski definition) is 0. The predicted octanol–water partition coefficient (Wildman–Crippen LogP) is 1.62. The van der Waals surface area contributed by atoms with Crippen LogP contribution in [0.5, 0.6) is 0 Å². The van der Waals surface area contributed by atoms with Gasteiger partial charge in [-0.05, 0) is 31.5 Å². The van der Waals surface area contributed by atoms with Gasteiger partial charge in [0.2, 0.25) is 0 Å². The van der Waals surface area contributed by atoms with Crippen molar-refractivity contribution in [3.8, 4) is 0 Å². The zero-order valence-corrected chi connectivity index (χ0v) is 8.51. The minimum Gasteiger partial charge on any atom is -0.368 e. The van der Waals surface area contributed by atoms with E-state index in [0.717, 1.165) is 11.8 Å². The molecule has 76 valence electrons. The molecule has 0 spiro atoms. The third-order valence-corrected chi connectivity index (χ3v) is 1.78. The Labute approximate surface area is 84.1 Å². The second-order valence-corrected chi connectivity index (χ2v) is 3.42. The third-order valence-electron chi connectivity index (χ3n) is 1.78. The van der Waals surface area contributed by atoms with E-state index in [1.54, 1.807) is 12.4 Å². The zero-order chi connectivity index (χ0) is 10.4. The van der Waals surface area contributed by atoms with E-state index < -0.39 is 0 Å². The van der Waals surface area contributed by atoms with Gasteiger partial charge in [0, 0.05) is 18.8 Å². The van der Waals surface area contributed by atoms with Gasteiger partial charge in [-0.1, -0.05) is 0 Å². The number of nitrogens with zero attached hydrogens (tertiary/aromatic N) is 1. The molecule has 3 heteroatoms. The Morgan fingerprint density at radius 1 is 1.43 bits per heavy atom. The number of carbonyl (C=O) groups excluding carboxylic acids is 1. The number of hydrogen-bond acceptors (Lipinski definition) is 3. The van der Waals surface area contributed by atoms with Crippen LogP contribution in [0.1, 0.15) is 19.4 Å². The Bertz CT molecular complexity index is 272. The van der Waals surface area contributed by atoms with Crippen molar-refractivity contribution in [2.45, 2.75) is 32.5 Å². The molecule has 0 aliphatic rings. The maximum Gasteiger partial charge on any atom is 0.149 e. The van der Waals surface area contributed by atoms with Gasteiger partial charge < -0.3 is 9.53 Å². The summed E-state index contributed by atoms with van der Waals surface area (Å²) >= 11 is 0. The van der Waals surface area contributed by atoms with Crippen molar-refractivity contribution < 1.29 is 9.53 Å². The first kappa shape index (κ1) is 10.9. The van der Waals surface area contributed by atoms with Crippen molar-refractivity contribution in [2.24, 2.45) is 0 Å². The molecule has 1 rings (SSSR count). The molecular formula is C11H15NO2. The second-order valence-electron chi connectivity index (χ2n) is 3.42. The van der Waals surface area contributed by atoms with Crippen molar-refractivity contribution >= 4 is 6.29 Å². The van der Waals surface area contributed by atoms with Gasteiger partial charge in [0.05, 0.1) is 6.10 Å². The molecule has 1 heterocycles. The van der Waals surface area contributed by atoms with Crippen LogP contribution in [0.4, 0.5) is 0 Å². The van der Waals surface area contributed by atoms with Gasteiger partial charge in [-0.3, -0.25) is 4.98 Å². The molecule has 1 atom stereocenters. The number of aromatic nitrogens is 1. The van der Waals surface area contributed by atoms with E-state index >= 15 is 0 Å². The highest BCUT2D eigenvalue weighted by Crippen LogP contribution is 2.05. The molecule has 1 aromatic rings. The number of aldehydes is 1. The molecule has 1 aromatic heterocycles. The van der Waals surface area contributed by atoms with Crippen LogP contribution in [-0.2, 0) is 16.0 Å². The SMILES string of the molecule is CC(C)OC(C=O)Cc1ccncc1. The first-order chi connectivity index (χ1) is 6.72. The Morgan fingerprint density at radius 2 is 2.07 bits per heavy atom. The van der Waals surface area contributed by atoms with Gasteiger partial charge in [0.15, 0.2) is 0 Å². The Hall–Kier alpha value is -1.22. The summed E-state index contributed by atoms with van der Waals surface area (Å²) in [5.74, 6) is 0. The zero-order valence-electron chi connectivity index (χ0n) is 8.51. The molecule has 0 fully saturated rings. The van der Waals surface area contributed by atoms with Crippen molar-refractivity contribution in [3.05, 3.63) is 30.1 Å². The molecule has 0 saturated carbocycles. The highest BCUT2D eigenvalue weighted by Gasteiger charge is 2.10. The summed E-state index contributed by atoms with van der Waals surface area (Å²) in [4.78, 5) is 14.6. The summed E-state index contributed by atoms with van der Waals surface area (Å²) in [6, 6.07) is 3.78. The smallest absolute Gasteiger partial charge is 0.149 e. The molecule has 1 unspecified atom stereocenters. The summed E-state index contributed by atoms with van der Waals surface area (Å²) < 4.78 is 5.41. The molecule has 0 radical (unpaired) electrons. The second kappa shape index (κ2) is 5.50. The van der Waals surface area contributed by atoms with Crippen LogP contribution in [0.2, 0.25) is 0 Å². The summed E-state index contributed by atoms with van der Waals surface area (Å²) in [6.45, 7) is 3.84. The quantitative estimate of drug-likeness (QED) is 0.667. The minimum atomic E-state index is -0.350. The first-order valence-corrected chi connectivity index (χ1v) is 4.72. The fourth-order valence-corrected chi connectivity index (χ4v) is 1.23. The number of carbonyl (C=O) groups is 1. The van der Waals surface area contributed by atoms with Crippen molar-refractivity contribution in [1.29, 1.82) is 0 Å². The number of rotatable bonds is 5. The summed E-state index contributed by atoms with van der Waals surface area (Å²) in [5.41, 5.74) is 1.07. The van der Waals surface area contributed by atoms with E-state index in [0.29, 0.717) is 6.42 Å². The first-order valence-electron chi connectivity index (χ1n) is 4.72. The van der Waals surface area contributed by atoms with Gasteiger partial charge in [-0.2, -0.15) is 0 Å². The molecule has 0 aliphatic carbocycles. The number of ether oxygens (including phenoxy) is 1. The molecular weight excluding hydrogens is 178 g/mol. The van der Waals surface area contributed by atoms with Crippen LogP contribution < -0.4 is 0 Å². The summed E-state index contributed by atoms with van der Waals surface area (Å²) in [5, 5.41) is 0. The fourth-order valence-electron chi connectivity index (χ4n) is 1.23. The lowest BCUT2D eigenvalue weighted by Gasteiger charge is -2.14. The molecule has 0 aromatic carbocycles. The minimum absolute atomic E-state index is 0.0760. The van der Waals surface area contributed by atoms with E-state index in [-0.39, 0.29) is 12.2 Å². The molecule has 0 bridgehead atoms. The molecule has 3 nitrogen and oxygen atoms in total. The van der Waals surface area contributed by atoms with Gasteiger partial charge >= 0.3 is 0 Å². The lowest BCUT2D eigenvalue weighted by atomic mass is 10.1. The van der Waals surface area contributed by atoms with Crippen molar-refractivity contribution in [1.82, 2.24) is 4.98 Å². The Kier molecular flexibility index (Phi) is 4.26. The van der Waals surface area contributed by atoms with Gasteiger partial charge in [-0.15, -0.1) is 0 Å². The summed E-state index contributed by atoms with van der Waals surface area (Å²) in [7, 11) is 0. The highest BCUT2D eigenvalue weighted by atomic mass is 16.5. The van der Waals surface area contributed by atoms with Crippen LogP contribution in [0.3, 0.4) is 0 Å². The monoisotopic (exact) mass is 193 g/mol. The van der Waals surface area contributed by atoms with Crippen LogP contribution in [-0.4, -0.2) is 23.5 Å². The van der Waals surface area contributed by atoms with Crippen LogP contribution in [0, 0.1) is 0 Å². The van der Waals surface area contributed by atoms with Crippen LogP contribution >= 0.6 is 0 Å². The average molecular weight is 193 g/mol. The normalized spacial score (nSPS) is 12.8. The Morgan fingerprint density at radius 3 is 2.57 bits per heavy atom. The molecule has 0 saturated heterocycles. The third kappa shape index (κ3) is 3.66. The van der Waals surface area contributed by atoms with E-state index in [1.165, 1.54) is 0 Å². The topological polar surface area (TPSA) is 39.2 Å².